The molecule has 3 aromatic heterocycles. The lowest BCUT2D eigenvalue weighted by atomic mass is 10.1. The van der Waals surface area contributed by atoms with Crippen molar-refractivity contribution in [2.45, 2.75) is 6.54 Å². The third-order valence-corrected chi connectivity index (χ3v) is 5.97. The number of halogens is 1. The number of carbonyl (C=O) groups excluding carboxylic acids is 1. The van der Waals surface area contributed by atoms with Crippen LogP contribution in [0.3, 0.4) is 0 Å². The number of ether oxygens (including phenoxy) is 1. The van der Waals surface area contributed by atoms with Crippen molar-refractivity contribution >= 4 is 45.5 Å². The average molecular weight is 403 g/mol. The Morgan fingerprint density at radius 2 is 2.00 bits per heavy atom. The number of aromatic nitrogens is 2. The number of fused-ring (bicyclic) bond motifs is 1. The summed E-state index contributed by atoms with van der Waals surface area (Å²) >= 11 is 7.66. The van der Waals surface area contributed by atoms with Gasteiger partial charge in [-0.3, -0.25) is 9.88 Å². The Hall–Kier alpha value is -2.22. The molecule has 0 bridgehead atoms. The molecule has 0 atom stereocenters. The molecule has 1 fully saturated rings. The molecule has 1 aliphatic rings. The lowest BCUT2D eigenvalue weighted by Gasteiger charge is -2.35. The van der Waals surface area contributed by atoms with Crippen molar-refractivity contribution in [2.75, 3.05) is 38.2 Å². The number of anilines is 1. The Kier molecular flexibility index (Phi) is 5.24. The van der Waals surface area contributed by atoms with Crippen LogP contribution in [0, 0.1) is 0 Å². The Labute approximate surface area is 166 Å². The number of rotatable bonds is 4. The largest absolute Gasteiger partial charge is 0.465 e. The summed E-state index contributed by atoms with van der Waals surface area (Å²) in [5, 5.41) is 1.69. The second-order valence-corrected chi connectivity index (χ2v) is 8.18. The van der Waals surface area contributed by atoms with Gasteiger partial charge in [0.25, 0.3) is 0 Å². The van der Waals surface area contributed by atoms with Crippen LogP contribution in [0.4, 0.5) is 5.82 Å². The van der Waals surface area contributed by atoms with E-state index in [-0.39, 0.29) is 5.97 Å². The van der Waals surface area contributed by atoms with Crippen molar-refractivity contribution in [1.82, 2.24) is 14.9 Å². The van der Waals surface area contributed by atoms with Gasteiger partial charge in [0, 0.05) is 67.0 Å². The van der Waals surface area contributed by atoms with Crippen LogP contribution in [-0.4, -0.2) is 54.1 Å². The van der Waals surface area contributed by atoms with Gasteiger partial charge < -0.3 is 9.64 Å². The Bertz CT molecular complexity index is 969. The molecule has 0 aromatic carbocycles. The molecule has 0 N–H and O–H groups in total. The second kappa shape index (κ2) is 7.80. The molecule has 6 nitrogen and oxygen atoms in total. The summed E-state index contributed by atoms with van der Waals surface area (Å²) in [6, 6.07) is 5.87. The van der Waals surface area contributed by atoms with Crippen molar-refractivity contribution in [3.63, 3.8) is 0 Å². The molecule has 1 aliphatic heterocycles. The third-order valence-electron chi connectivity index (χ3n) is 4.75. The zero-order chi connectivity index (χ0) is 18.8. The zero-order valence-electron chi connectivity index (χ0n) is 14.9. The first kappa shape index (κ1) is 18.2. The molecule has 140 valence electrons. The maximum Gasteiger partial charge on any atom is 0.340 e. The number of pyridine rings is 2. The van der Waals surface area contributed by atoms with Gasteiger partial charge in [0.1, 0.15) is 5.82 Å². The SMILES string of the molecule is COC(=O)c1cncc2c(N3CCN(Cc4ccc(Cl)s4)CC3)nccc12. The number of nitrogens with zero attached hydrogens (tertiary/aromatic N) is 4. The minimum Gasteiger partial charge on any atom is -0.465 e. The lowest BCUT2D eigenvalue weighted by molar-refractivity contribution is 0.0602. The fourth-order valence-electron chi connectivity index (χ4n) is 3.38. The van der Waals surface area contributed by atoms with Crippen LogP contribution in [0.2, 0.25) is 4.34 Å². The van der Waals surface area contributed by atoms with Crippen molar-refractivity contribution in [2.24, 2.45) is 0 Å². The topological polar surface area (TPSA) is 58.6 Å². The van der Waals surface area contributed by atoms with Gasteiger partial charge in [-0.05, 0) is 18.2 Å². The van der Waals surface area contributed by atoms with Gasteiger partial charge in [0.2, 0.25) is 0 Å². The van der Waals surface area contributed by atoms with E-state index in [1.54, 1.807) is 29.9 Å². The van der Waals surface area contributed by atoms with Gasteiger partial charge in [0.15, 0.2) is 0 Å². The Balaban J connectivity index is 1.53. The standard InChI is InChI=1S/C19H19ClN4O2S/c1-26-19(25)16-11-21-10-15-14(16)4-5-22-18(15)24-8-6-23(7-9-24)12-13-2-3-17(20)27-13/h2-5,10-11H,6-9,12H2,1H3. The van der Waals surface area contributed by atoms with Gasteiger partial charge in [-0.15, -0.1) is 11.3 Å². The van der Waals surface area contributed by atoms with Gasteiger partial charge in [0.05, 0.1) is 17.0 Å². The van der Waals surface area contributed by atoms with Crippen LogP contribution < -0.4 is 4.90 Å². The molecule has 8 heteroatoms. The molecule has 0 radical (unpaired) electrons. The van der Waals surface area contributed by atoms with E-state index in [0.29, 0.717) is 5.56 Å². The van der Waals surface area contributed by atoms with Crippen LogP contribution >= 0.6 is 22.9 Å². The Morgan fingerprint density at radius 3 is 2.70 bits per heavy atom. The fourth-order valence-corrected chi connectivity index (χ4v) is 4.51. The van der Waals surface area contributed by atoms with Crippen LogP contribution in [0.5, 0.6) is 0 Å². The maximum atomic E-state index is 12.0. The molecule has 0 aliphatic carbocycles. The molecule has 0 saturated carbocycles. The molecule has 4 rings (SSSR count). The number of esters is 1. The number of piperazine rings is 1. The van der Waals surface area contributed by atoms with Crippen molar-refractivity contribution in [3.8, 4) is 0 Å². The maximum absolute atomic E-state index is 12.0. The van der Waals surface area contributed by atoms with Crippen LogP contribution in [-0.2, 0) is 11.3 Å². The predicted octanol–water partition coefficient (Wildman–Crippen LogP) is 3.45. The van der Waals surface area contributed by atoms with E-state index in [1.807, 2.05) is 12.1 Å². The summed E-state index contributed by atoms with van der Waals surface area (Å²) in [5.41, 5.74) is 0.465. The monoisotopic (exact) mass is 402 g/mol. The van der Waals surface area contributed by atoms with Crippen molar-refractivity contribution < 1.29 is 9.53 Å². The molecule has 27 heavy (non-hydrogen) atoms. The first-order valence-electron chi connectivity index (χ1n) is 8.68. The van der Waals surface area contributed by atoms with Gasteiger partial charge in [-0.1, -0.05) is 11.6 Å². The molecule has 0 spiro atoms. The zero-order valence-corrected chi connectivity index (χ0v) is 16.5. The third kappa shape index (κ3) is 3.76. The highest BCUT2D eigenvalue weighted by Gasteiger charge is 2.21. The minimum absolute atomic E-state index is 0.385. The smallest absolute Gasteiger partial charge is 0.340 e. The summed E-state index contributed by atoms with van der Waals surface area (Å²) in [6.45, 7) is 4.54. The highest BCUT2D eigenvalue weighted by Crippen LogP contribution is 2.28. The number of thiophene rings is 1. The summed E-state index contributed by atoms with van der Waals surface area (Å²) in [7, 11) is 1.38. The first-order chi connectivity index (χ1) is 13.2. The van der Waals surface area contributed by atoms with E-state index in [0.717, 1.165) is 53.7 Å². The summed E-state index contributed by atoms with van der Waals surface area (Å²) in [6.07, 6.45) is 5.05. The minimum atomic E-state index is -0.385. The molecular weight excluding hydrogens is 384 g/mol. The van der Waals surface area contributed by atoms with Crippen molar-refractivity contribution in [1.29, 1.82) is 0 Å². The molecule has 1 saturated heterocycles. The first-order valence-corrected chi connectivity index (χ1v) is 9.87. The lowest BCUT2D eigenvalue weighted by Crippen LogP contribution is -2.46. The Morgan fingerprint density at radius 1 is 1.19 bits per heavy atom. The van der Waals surface area contributed by atoms with Crippen LogP contribution in [0.25, 0.3) is 10.8 Å². The van der Waals surface area contributed by atoms with E-state index < -0.39 is 0 Å². The van der Waals surface area contributed by atoms with E-state index in [4.69, 9.17) is 16.3 Å². The highest BCUT2D eigenvalue weighted by atomic mass is 35.5. The van der Waals surface area contributed by atoms with Gasteiger partial charge in [-0.25, -0.2) is 9.78 Å². The average Bonchev–Trinajstić information content (AvgIpc) is 3.11. The number of carbonyl (C=O) groups is 1. The summed E-state index contributed by atoms with van der Waals surface area (Å²) in [4.78, 5) is 26.8. The molecule has 4 heterocycles. The van der Waals surface area contributed by atoms with E-state index >= 15 is 0 Å². The summed E-state index contributed by atoms with van der Waals surface area (Å²) < 4.78 is 5.71. The van der Waals surface area contributed by atoms with Crippen LogP contribution in [0.15, 0.2) is 36.8 Å². The van der Waals surface area contributed by atoms with Gasteiger partial charge >= 0.3 is 5.97 Å². The van der Waals surface area contributed by atoms with E-state index in [9.17, 15) is 4.79 Å². The normalized spacial score (nSPS) is 15.3. The predicted molar refractivity (Wildman–Crippen MR) is 108 cm³/mol. The highest BCUT2D eigenvalue weighted by molar-refractivity contribution is 7.16. The number of hydrogen-bond acceptors (Lipinski definition) is 7. The molecule has 0 unspecified atom stereocenters. The van der Waals surface area contributed by atoms with Gasteiger partial charge in [-0.2, -0.15) is 0 Å². The quantitative estimate of drug-likeness (QED) is 0.623. The fraction of sp³-hybridized carbons (Fsp3) is 0.316. The molecule has 3 aromatic rings. The second-order valence-electron chi connectivity index (χ2n) is 6.38. The van der Waals surface area contributed by atoms with E-state index in [1.165, 1.54) is 12.0 Å². The number of methoxy groups -OCH3 is 1. The molecular formula is C19H19ClN4O2S. The van der Waals surface area contributed by atoms with Crippen molar-refractivity contribution in [3.05, 3.63) is 51.6 Å². The van der Waals surface area contributed by atoms with Crippen LogP contribution in [0.1, 0.15) is 15.2 Å². The summed E-state index contributed by atoms with van der Waals surface area (Å²) in [5.74, 6) is 0.481. The number of hydrogen-bond donors (Lipinski definition) is 0. The van der Waals surface area contributed by atoms with E-state index in [2.05, 4.69) is 25.8 Å². The molecule has 0 amide bonds.